The van der Waals surface area contributed by atoms with Crippen molar-refractivity contribution in [3.8, 4) is 5.75 Å². The van der Waals surface area contributed by atoms with Crippen molar-refractivity contribution in [1.29, 1.82) is 0 Å². The predicted molar refractivity (Wildman–Crippen MR) is 102 cm³/mol. The summed E-state index contributed by atoms with van der Waals surface area (Å²) >= 11 is 0. The lowest BCUT2D eigenvalue weighted by molar-refractivity contribution is -0.119. The highest BCUT2D eigenvalue weighted by Gasteiger charge is 2.24. The van der Waals surface area contributed by atoms with E-state index in [0.717, 1.165) is 6.42 Å². The molecule has 0 aromatic heterocycles. The summed E-state index contributed by atoms with van der Waals surface area (Å²) in [7, 11) is 0. The lowest BCUT2D eigenvalue weighted by Crippen LogP contribution is -2.37. The van der Waals surface area contributed by atoms with Gasteiger partial charge in [0.2, 0.25) is 0 Å². The van der Waals surface area contributed by atoms with Crippen molar-refractivity contribution in [2.45, 2.75) is 38.6 Å². The third kappa shape index (κ3) is 5.34. The van der Waals surface area contributed by atoms with E-state index in [2.05, 4.69) is 31.3 Å². The van der Waals surface area contributed by atoms with Crippen LogP contribution >= 0.6 is 0 Å². The van der Waals surface area contributed by atoms with Crippen LogP contribution in [-0.4, -0.2) is 24.5 Å². The van der Waals surface area contributed by atoms with Gasteiger partial charge < -0.3 is 15.8 Å². The van der Waals surface area contributed by atoms with Gasteiger partial charge in [0.15, 0.2) is 6.61 Å². The number of hydrogen-bond acceptors (Lipinski definition) is 3. The van der Waals surface area contributed by atoms with Crippen LogP contribution in [0.2, 0.25) is 0 Å². The lowest BCUT2D eigenvalue weighted by atomic mass is 9.79. The summed E-state index contributed by atoms with van der Waals surface area (Å²) in [6.45, 7) is 6.04. The maximum absolute atomic E-state index is 12.6. The average molecular weight is 354 g/mol. The van der Waals surface area contributed by atoms with Gasteiger partial charge in [0.25, 0.3) is 11.8 Å². The second kappa shape index (κ2) is 8.52. The summed E-state index contributed by atoms with van der Waals surface area (Å²) in [5.41, 5.74) is 6.65. The first kappa shape index (κ1) is 19.5. The van der Waals surface area contributed by atoms with E-state index in [0.29, 0.717) is 11.3 Å². The minimum absolute atomic E-state index is 0.0399. The largest absolute Gasteiger partial charge is 0.483 e. The molecule has 5 nitrogen and oxygen atoms in total. The number of benzene rings is 2. The SMILES string of the molecule is CC(CC(C)(C)c1ccccc1)NC(=O)c1ccccc1OCC(N)=O. The number of rotatable bonds is 8. The molecule has 138 valence electrons. The number of nitrogens with two attached hydrogens (primary N) is 1. The third-order valence-electron chi connectivity index (χ3n) is 4.25. The van der Waals surface area contributed by atoms with E-state index in [9.17, 15) is 9.59 Å². The zero-order valence-corrected chi connectivity index (χ0v) is 15.5. The number of primary amides is 1. The van der Waals surface area contributed by atoms with Gasteiger partial charge in [-0.15, -0.1) is 0 Å². The summed E-state index contributed by atoms with van der Waals surface area (Å²) in [4.78, 5) is 23.6. The van der Waals surface area contributed by atoms with Gasteiger partial charge in [-0.05, 0) is 36.5 Å². The fourth-order valence-corrected chi connectivity index (χ4v) is 3.05. The Bertz CT molecular complexity index is 757. The molecule has 0 radical (unpaired) electrons. The lowest BCUT2D eigenvalue weighted by Gasteiger charge is -2.29. The van der Waals surface area contributed by atoms with Crippen LogP contribution in [-0.2, 0) is 10.2 Å². The fourth-order valence-electron chi connectivity index (χ4n) is 3.05. The van der Waals surface area contributed by atoms with Crippen molar-refractivity contribution in [2.24, 2.45) is 5.73 Å². The summed E-state index contributed by atoms with van der Waals surface area (Å²) < 4.78 is 5.34. The van der Waals surface area contributed by atoms with Gasteiger partial charge >= 0.3 is 0 Å². The smallest absolute Gasteiger partial charge is 0.255 e. The van der Waals surface area contributed by atoms with Crippen LogP contribution in [0, 0.1) is 0 Å². The summed E-state index contributed by atoms with van der Waals surface area (Å²) in [6, 6.07) is 17.0. The molecule has 2 amide bonds. The van der Waals surface area contributed by atoms with Crippen molar-refractivity contribution >= 4 is 11.8 Å². The second-order valence-electron chi connectivity index (χ2n) is 7.08. The third-order valence-corrected chi connectivity index (χ3v) is 4.25. The number of ether oxygens (including phenoxy) is 1. The first-order valence-electron chi connectivity index (χ1n) is 8.66. The Morgan fingerprint density at radius 2 is 1.69 bits per heavy atom. The standard InChI is InChI=1S/C21H26N2O3/c1-15(13-21(2,3)16-9-5-4-6-10-16)23-20(25)17-11-7-8-12-18(17)26-14-19(22)24/h4-12,15H,13-14H2,1-3H3,(H2,22,24)(H,23,25). The van der Waals surface area contributed by atoms with Crippen LogP contribution in [0.3, 0.4) is 0 Å². The van der Waals surface area contributed by atoms with Crippen molar-refractivity contribution in [2.75, 3.05) is 6.61 Å². The molecule has 0 saturated heterocycles. The fraction of sp³-hybridized carbons (Fsp3) is 0.333. The molecule has 5 heteroatoms. The van der Waals surface area contributed by atoms with Gasteiger partial charge in [-0.2, -0.15) is 0 Å². The molecule has 2 aromatic carbocycles. The van der Waals surface area contributed by atoms with Gasteiger partial charge in [-0.3, -0.25) is 9.59 Å². The molecule has 3 N–H and O–H groups in total. The highest BCUT2D eigenvalue weighted by atomic mass is 16.5. The molecule has 0 aliphatic carbocycles. The molecule has 0 bridgehead atoms. The summed E-state index contributed by atoms with van der Waals surface area (Å²) in [5.74, 6) is -0.474. The predicted octanol–water partition coefficient (Wildman–Crippen LogP) is 3.04. The van der Waals surface area contributed by atoms with Crippen LogP contribution in [0.15, 0.2) is 54.6 Å². The maximum Gasteiger partial charge on any atom is 0.255 e. The van der Waals surface area contributed by atoms with Crippen LogP contribution in [0.1, 0.15) is 43.1 Å². The summed E-state index contributed by atoms with van der Waals surface area (Å²) in [5, 5.41) is 3.01. The molecule has 0 spiro atoms. The molecule has 0 heterocycles. The Morgan fingerprint density at radius 3 is 2.35 bits per heavy atom. The van der Waals surface area contributed by atoms with Gasteiger partial charge in [-0.25, -0.2) is 0 Å². The van der Waals surface area contributed by atoms with Crippen molar-refractivity contribution in [1.82, 2.24) is 5.32 Å². The molecule has 2 aromatic rings. The number of hydrogen-bond donors (Lipinski definition) is 2. The topological polar surface area (TPSA) is 81.4 Å². The average Bonchev–Trinajstić information content (AvgIpc) is 2.60. The molecule has 1 unspecified atom stereocenters. The van der Waals surface area contributed by atoms with Gasteiger partial charge in [0.1, 0.15) is 5.75 Å². The van der Waals surface area contributed by atoms with Gasteiger partial charge in [0, 0.05) is 6.04 Å². The number of para-hydroxylation sites is 1. The number of carbonyl (C=O) groups is 2. The molecule has 26 heavy (non-hydrogen) atoms. The van der Waals surface area contributed by atoms with E-state index in [-0.39, 0.29) is 24.0 Å². The molecule has 0 saturated carbocycles. The first-order chi connectivity index (χ1) is 12.3. The van der Waals surface area contributed by atoms with E-state index in [1.54, 1.807) is 24.3 Å². The van der Waals surface area contributed by atoms with Crippen molar-refractivity contribution < 1.29 is 14.3 Å². The molecular weight excluding hydrogens is 328 g/mol. The summed E-state index contributed by atoms with van der Waals surface area (Å²) in [6.07, 6.45) is 0.785. The zero-order valence-electron chi connectivity index (χ0n) is 15.5. The first-order valence-corrected chi connectivity index (χ1v) is 8.66. The molecule has 0 fully saturated rings. The highest BCUT2D eigenvalue weighted by molar-refractivity contribution is 5.97. The van der Waals surface area contributed by atoms with Crippen LogP contribution in [0.25, 0.3) is 0 Å². The molecule has 0 aliphatic rings. The Labute approximate surface area is 154 Å². The van der Waals surface area contributed by atoms with Crippen molar-refractivity contribution in [3.05, 3.63) is 65.7 Å². The maximum atomic E-state index is 12.6. The minimum atomic E-state index is -0.585. The van der Waals surface area contributed by atoms with Gasteiger partial charge in [0.05, 0.1) is 5.56 Å². The van der Waals surface area contributed by atoms with Crippen LogP contribution < -0.4 is 15.8 Å². The Kier molecular flexibility index (Phi) is 6.39. The van der Waals surface area contributed by atoms with Crippen LogP contribution in [0.5, 0.6) is 5.75 Å². The molecule has 1 atom stereocenters. The Balaban J connectivity index is 2.04. The van der Waals surface area contributed by atoms with E-state index in [1.165, 1.54) is 5.56 Å². The van der Waals surface area contributed by atoms with E-state index < -0.39 is 5.91 Å². The number of nitrogens with one attached hydrogen (secondary N) is 1. The monoisotopic (exact) mass is 354 g/mol. The minimum Gasteiger partial charge on any atom is -0.483 e. The zero-order chi connectivity index (χ0) is 19.2. The molecular formula is C21H26N2O3. The highest BCUT2D eigenvalue weighted by Crippen LogP contribution is 2.28. The van der Waals surface area contributed by atoms with Crippen LogP contribution in [0.4, 0.5) is 0 Å². The second-order valence-corrected chi connectivity index (χ2v) is 7.08. The van der Waals surface area contributed by atoms with Gasteiger partial charge in [-0.1, -0.05) is 56.3 Å². The Hall–Kier alpha value is -2.82. The van der Waals surface area contributed by atoms with Crippen molar-refractivity contribution in [3.63, 3.8) is 0 Å². The molecule has 2 rings (SSSR count). The van der Waals surface area contributed by atoms with E-state index in [1.807, 2.05) is 25.1 Å². The Morgan fingerprint density at radius 1 is 1.08 bits per heavy atom. The number of carbonyl (C=O) groups excluding carboxylic acids is 2. The van der Waals surface area contributed by atoms with E-state index in [4.69, 9.17) is 10.5 Å². The molecule has 0 aliphatic heterocycles. The normalized spacial score (nSPS) is 12.3. The number of amides is 2. The van der Waals surface area contributed by atoms with E-state index >= 15 is 0 Å². The quantitative estimate of drug-likeness (QED) is 0.764.